The summed E-state index contributed by atoms with van der Waals surface area (Å²) in [7, 11) is 0. The van der Waals surface area contributed by atoms with Crippen molar-refractivity contribution in [3.05, 3.63) is 35.1 Å². The van der Waals surface area contributed by atoms with Crippen molar-refractivity contribution >= 4 is 17.9 Å². The Hall–Kier alpha value is -1.71. The molecule has 0 aromatic carbocycles. The number of nitriles is 1. The molecule has 0 amide bonds. The molecular formula is C11H10N2O3S. The van der Waals surface area contributed by atoms with Gasteiger partial charge in [-0.15, -0.1) is 0 Å². The predicted molar refractivity (Wildman–Crippen MR) is 61.7 cm³/mol. The molecule has 0 saturated heterocycles. The fraction of sp³-hybridized carbons (Fsp3) is 0.273. The number of carboxylic acid groups (broad SMARTS) is 1. The Kier molecular flexibility index (Phi) is 3.22. The Morgan fingerprint density at radius 3 is 3.00 bits per heavy atom. The lowest BCUT2D eigenvalue weighted by Gasteiger charge is -2.23. The molecule has 0 radical (unpaired) electrons. The number of hydrogen-bond donors (Lipinski definition) is 1. The molecule has 1 aromatic rings. The first-order valence-corrected chi connectivity index (χ1v) is 5.75. The third-order valence-electron chi connectivity index (χ3n) is 2.40. The van der Waals surface area contributed by atoms with Crippen LogP contribution in [0.25, 0.3) is 0 Å². The van der Waals surface area contributed by atoms with Crippen LogP contribution in [0.3, 0.4) is 0 Å². The molecule has 0 bridgehead atoms. The molecule has 6 heteroatoms. The molecule has 0 spiro atoms. The van der Waals surface area contributed by atoms with Gasteiger partial charge in [0.2, 0.25) is 0 Å². The lowest BCUT2D eigenvalue weighted by atomic mass is 10.2. The number of aliphatic carboxylic acids is 1. The van der Waals surface area contributed by atoms with Crippen LogP contribution >= 0.6 is 11.9 Å². The largest absolute Gasteiger partial charge is 0.477 e. The average Bonchev–Trinajstić information content (AvgIpc) is 2.90. The first kappa shape index (κ1) is 11.8. The standard InChI is InChI=1S/C11H10N2O3S/c1-7-5-10(11(14)15)17-13(7)8(6-12)9-3-2-4-16-9/h2-5,7-8H,1H3,(H,14,15). The summed E-state index contributed by atoms with van der Waals surface area (Å²) < 4.78 is 6.91. The Labute approximate surface area is 102 Å². The molecule has 1 aliphatic heterocycles. The minimum absolute atomic E-state index is 0.124. The summed E-state index contributed by atoms with van der Waals surface area (Å²) in [4.78, 5) is 11.1. The number of furan rings is 1. The van der Waals surface area contributed by atoms with Gasteiger partial charge in [-0.2, -0.15) is 5.26 Å². The third kappa shape index (κ3) is 2.20. The number of rotatable bonds is 3. The average molecular weight is 250 g/mol. The molecule has 1 aliphatic rings. The van der Waals surface area contributed by atoms with E-state index in [0.29, 0.717) is 5.76 Å². The molecular weight excluding hydrogens is 240 g/mol. The Balaban J connectivity index is 2.20. The van der Waals surface area contributed by atoms with Crippen molar-refractivity contribution in [2.75, 3.05) is 0 Å². The summed E-state index contributed by atoms with van der Waals surface area (Å²) in [5.41, 5.74) is 0. The molecule has 0 saturated carbocycles. The van der Waals surface area contributed by atoms with Gasteiger partial charge < -0.3 is 9.52 Å². The normalized spacial score (nSPS) is 21.9. The zero-order valence-electron chi connectivity index (χ0n) is 9.03. The Morgan fingerprint density at radius 1 is 1.76 bits per heavy atom. The van der Waals surface area contributed by atoms with E-state index >= 15 is 0 Å². The maximum absolute atomic E-state index is 10.9. The first-order chi connectivity index (χ1) is 8.13. The van der Waals surface area contributed by atoms with Crippen LogP contribution in [0, 0.1) is 11.3 Å². The molecule has 0 aliphatic carbocycles. The molecule has 2 heterocycles. The highest BCUT2D eigenvalue weighted by Crippen LogP contribution is 2.39. The summed E-state index contributed by atoms with van der Waals surface area (Å²) in [5.74, 6) is -0.452. The molecule has 88 valence electrons. The first-order valence-electron chi connectivity index (χ1n) is 4.98. The zero-order valence-corrected chi connectivity index (χ0v) is 9.85. The van der Waals surface area contributed by atoms with E-state index < -0.39 is 12.0 Å². The van der Waals surface area contributed by atoms with Crippen LogP contribution in [0.4, 0.5) is 0 Å². The van der Waals surface area contributed by atoms with E-state index in [1.54, 1.807) is 22.5 Å². The van der Waals surface area contributed by atoms with Crippen molar-refractivity contribution in [1.82, 2.24) is 4.31 Å². The highest BCUT2D eigenvalue weighted by Gasteiger charge is 2.34. The smallest absolute Gasteiger partial charge is 0.343 e. The van der Waals surface area contributed by atoms with Gasteiger partial charge >= 0.3 is 5.97 Å². The summed E-state index contributed by atoms with van der Waals surface area (Å²) in [6, 6.07) is 4.83. The number of nitrogens with zero attached hydrogens (tertiary/aromatic N) is 2. The maximum atomic E-state index is 10.9. The highest BCUT2D eigenvalue weighted by molar-refractivity contribution is 8.02. The zero-order chi connectivity index (χ0) is 12.4. The summed E-state index contributed by atoms with van der Waals surface area (Å²) in [5, 5.41) is 18.1. The molecule has 0 fully saturated rings. The fourth-order valence-corrected chi connectivity index (χ4v) is 2.66. The van der Waals surface area contributed by atoms with Gasteiger partial charge in [0.15, 0.2) is 6.04 Å². The number of carboxylic acids is 1. The summed E-state index contributed by atoms with van der Waals surface area (Å²) in [6.07, 6.45) is 3.12. The molecule has 1 N–H and O–H groups in total. The molecule has 2 atom stereocenters. The van der Waals surface area contributed by atoms with E-state index in [2.05, 4.69) is 6.07 Å². The molecule has 2 unspecified atom stereocenters. The number of hydrogen-bond acceptors (Lipinski definition) is 5. The van der Waals surface area contributed by atoms with Gasteiger partial charge in [0.25, 0.3) is 0 Å². The van der Waals surface area contributed by atoms with Crippen molar-refractivity contribution in [3.8, 4) is 6.07 Å². The Morgan fingerprint density at radius 2 is 2.53 bits per heavy atom. The van der Waals surface area contributed by atoms with Crippen LogP contribution in [0.15, 0.2) is 33.8 Å². The fourth-order valence-electron chi connectivity index (χ4n) is 1.61. The molecule has 17 heavy (non-hydrogen) atoms. The van der Waals surface area contributed by atoms with Crippen LogP contribution in [0.5, 0.6) is 0 Å². The highest BCUT2D eigenvalue weighted by atomic mass is 32.2. The Bertz CT molecular complexity index is 489. The van der Waals surface area contributed by atoms with Gasteiger partial charge in [0.05, 0.1) is 12.3 Å². The van der Waals surface area contributed by atoms with Crippen molar-refractivity contribution in [1.29, 1.82) is 5.26 Å². The van der Waals surface area contributed by atoms with Crippen molar-refractivity contribution in [2.24, 2.45) is 0 Å². The van der Waals surface area contributed by atoms with Crippen LogP contribution in [0.2, 0.25) is 0 Å². The van der Waals surface area contributed by atoms with E-state index in [4.69, 9.17) is 14.8 Å². The van der Waals surface area contributed by atoms with Gasteiger partial charge in [0, 0.05) is 6.04 Å². The molecule has 1 aromatic heterocycles. The van der Waals surface area contributed by atoms with Crippen LogP contribution in [0.1, 0.15) is 18.7 Å². The van der Waals surface area contributed by atoms with Crippen molar-refractivity contribution in [2.45, 2.75) is 19.0 Å². The topological polar surface area (TPSA) is 77.5 Å². The lowest BCUT2D eigenvalue weighted by Crippen LogP contribution is -2.25. The van der Waals surface area contributed by atoms with Gasteiger partial charge in [-0.3, -0.25) is 0 Å². The second-order valence-electron chi connectivity index (χ2n) is 3.57. The quantitative estimate of drug-likeness (QED) is 0.828. The van der Waals surface area contributed by atoms with Gasteiger partial charge in [-0.05, 0) is 37.1 Å². The minimum Gasteiger partial charge on any atom is -0.477 e. The van der Waals surface area contributed by atoms with E-state index in [9.17, 15) is 4.79 Å². The van der Waals surface area contributed by atoms with E-state index in [1.165, 1.54) is 6.26 Å². The number of carbonyl (C=O) groups is 1. The van der Waals surface area contributed by atoms with Gasteiger partial charge in [-0.1, -0.05) is 0 Å². The van der Waals surface area contributed by atoms with Crippen LogP contribution in [-0.2, 0) is 4.79 Å². The van der Waals surface area contributed by atoms with Crippen molar-refractivity contribution in [3.63, 3.8) is 0 Å². The predicted octanol–water partition coefficient (Wildman–Crippen LogP) is 2.17. The monoisotopic (exact) mass is 250 g/mol. The minimum atomic E-state index is -0.972. The lowest BCUT2D eigenvalue weighted by molar-refractivity contribution is -0.131. The van der Waals surface area contributed by atoms with Crippen molar-refractivity contribution < 1.29 is 14.3 Å². The van der Waals surface area contributed by atoms with Gasteiger partial charge in [-0.25, -0.2) is 9.10 Å². The van der Waals surface area contributed by atoms with Crippen LogP contribution in [-0.4, -0.2) is 21.4 Å². The third-order valence-corrected chi connectivity index (χ3v) is 3.66. The maximum Gasteiger partial charge on any atom is 0.343 e. The summed E-state index contributed by atoms with van der Waals surface area (Å²) >= 11 is 1.07. The molecule has 5 nitrogen and oxygen atoms in total. The second-order valence-corrected chi connectivity index (χ2v) is 4.62. The SMILES string of the molecule is CC1C=C(C(=O)O)SN1C(C#N)c1ccco1. The van der Waals surface area contributed by atoms with Crippen LogP contribution < -0.4 is 0 Å². The van der Waals surface area contributed by atoms with E-state index in [1.807, 2.05) is 6.92 Å². The molecule has 2 rings (SSSR count). The van der Waals surface area contributed by atoms with Gasteiger partial charge in [0.1, 0.15) is 10.7 Å². The second kappa shape index (κ2) is 4.65. The summed E-state index contributed by atoms with van der Waals surface area (Å²) in [6.45, 7) is 1.84. The van der Waals surface area contributed by atoms with E-state index in [-0.39, 0.29) is 10.9 Å². The van der Waals surface area contributed by atoms with E-state index in [0.717, 1.165) is 11.9 Å².